The molecule has 156 valence electrons. The predicted octanol–water partition coefficient (Wildman–Crippen LogP) is 2.89. The molecular weight excluding hydrogens is 378 g/mol. The molecular formula is C24H27N3O3. The molecule has 3 aromatic rings. The van der Waals surface area contributed by atoms with Gasteiger partial charge in [0.05, 0.1) is 5.52 Å². The van der Waals surface area contributed by atoms with Crippen LogP contribution in [0.3, 0.4) is 0 Å². The van der Waals surface area contributed by atoms with Crippen LogP contribution in [-0.2, 0) is 20.1 Å². The maximum atomic E-state index is 13.1. The van der Waals surface area contributed by atoms with Crippen LogP contribution in [0.2, 0.25) is 0 Å². The van der Waals surface area contributed by atoms with Crippen molar-refractivity contribution in [3.8, 4) is 11.5 Å². The number of piperazine rings is 1. The molecule has 0 unspecified atom stereocenters. The van der Waals surface area contributed by atoms with Gasteiger partial charge in [-0.25, -0.2) is 0 Å². The van der Waals surface area contributed by atoms with Crippen LogP contribution in [0.15, 0.2) is 47.3 Å². The van der Waals surface area contributed by atoms with Crippen LogP contribution in [0.5, 0.6) is 11.5 Å². The minimum absolute atomic E-state index is 0.170. The van der Waals surface area contributed by atoms with Crippen molar-refractivity contribution in [2.24, 2.45) is 7.05 Å². The molecule has 1 fully saturated rings. The van der Waals surface area contributed by atoms with E-state index in [-0.39, 0.29) is 5.43 Å². The highest BCUT2D eigenvalue weighted by Crippen LogP contribution is 2.32. The molecule has 2 aromatic carbocycles. The van der Waals surface area contributed by atoms with Gasteiger partial charge in [0, 0.05) is 63.0 Å². The Morgan fingerprint density at radius 1 is 0.900 bits per heavy atom. The first kappa shape index (κ1) is 19.2. The summed E-state index contributed by atoms with van der Waals surface area (Å²) in [6, 6.07) is 14.1. The van der Waals surface area contributed by atoms with Gasteiger partial charge in [0.15, 0.2) is 16.9 Å². The Kier molecular flexibility index (Phi) is 4.97. The van der Waals surface area contributed by atoms with E-state index in [1.807, 2.05) is 37.4 Å². The number of para-hydroxylation sites is 1. The molecule has 6 nitrogen and oxygen atoms in total. The van der Waals surface area contributed by atoms with Crippen LogP contribution in [0.25, 0.3) is 10.9 Å². The molecule has 6 heteroatoms. The minimum Gasteiger partial charge on any atom is -0.454 e. The largest absolute Gasteiger partial charge is 0.454 e. The predicted molar refractivity (Wildman–Crippen MR) is 117 cm³/mol. The number of hydrogen-bond donors (Lipinski definition) is 0. The minimum atomic E-state index is 0.170. The van der Waals surface area contributed by atoms with Gasteiger partial charge >= 0.3 is 0 Å². The van der Waals surface area contributed by atoms with E-state index in [0.717, 1.165) is 66.4 Å². The third kappa shape index (κ3) is 3.46. The number of aryl methyl sites for hydroxylation is 1. The fraction of sp³-hybridized carbons (Fsp3) is 0.375. The van der Waals surface area contributed by atoms with E-state index in [9.17, 15) is 4.79 Å². The average Bonchev–Trinajstić information content (AvgIpc) is 3.24. The molecule has 30 heavy (non-hydrogen) atoms. The second-order valence-corrected chi connectivity index (χ2v) is 8.21. The lowest BCUT2D eigenvalue weighted by Crippen LogP contribution is -2.46. The molecule has 0 bridgehead atoms. The van der Waals surface area contributed by atoms with Gasteiger partial charge in [0.1, 0.15) is 0 Å². The number of pyridine rings is 1. The molecule has 1 saturated heterocycles. The molecule has 2 aliphatic rings. The smallest absolute Gasteiger partial charge is 0.231 e. The third-order valence-electron chi connectivity index (χ3n) is 6.41. The second-order valence-electron chi connectivity index (χ2n) is 8.21. The van der Waals surface area contributed by atoms with E-state index < -0.39 is 0 Å². The summed E-state index contributed by atoms with van der Waals surface area (Å²) in [5.74, 6) is 1.67. The maximum Gasteiger partial charge on any atom is 0.231 e. The van der Waals surface area contributed by atoms with Gasteiger partial charge in [-0.05, 0) is 36.8 Å². The fourth-order valence-corrected chi connectivity index (χ4v) is 4.48. The zero-order valence-electron chi connectivity index (χ0n) is 17.6. The fourth-order valence-electron chi connectivity index (χ4n) is 4.48. The molecule has 3 heterocycles. The molecule has 0 N–H and O–H groups in total. The summed E-state index contributed by atoms with van der Waals surface area (Å²) >= 11 is 0. The Hall–Kier alpha value is -2.83. The first-order chi connectivity index (χ1) is 14.6. The van der Waals surface area contributed by atoms with E-state index in [2.05, 4.69) is 33.4 Å². The first-order valence-corrected chi connectivity index (χ1v) is 10.5. The van der Waals surface area contributed by atoms with Crippen molar-refractivity contribution >= 4 is 10.9 Å². The van der Waals surface area contributed by atoms with Gasteiger partial charge in [0.25, 0.3) is 0 Å². The number of aromatic nitrogens is 1. The lowest BCUT2D eigenvalue weighted by Gasteiger charge is -2.35. The Bertz CT molecular complexity index is 1150. The molecule has 0 radical (unpaired) electrons. The topological polar surface area (TPSA) is 46.9 Å². The van der Waals surface area contributed by atoms with Crippen molar-refractivity contribution in [1.82, 2.24) is 14.4 Å². The van der Waals surface area contributed by atoms with Crippen molar-refractivity contribution in [3.05, 3.63) is 69.5 Å². The van der Waals surface area contributed by atoms with Crippen LogP contribution >= 0.6 is 0 Å². The quantitative estimate of drug-likeness (QED) is 0.668. The van der Waals surface area contributed by atoms with Crippen molar-refractivity contribution in [2.75, 3.05) is 33.0 Å². The van der Waals surface area contributed by atoms with Crippen molar-refractivity contribution in [3.63, 3.8) is 0 Å². The average molecular weight is 405 g/mol. The lowest BCUT2D eigenvalue weighted by molar-refractivity contribution is 0.121. The molecule has 2 aliphatic heterocycles. The standard InChI is InChI=1S/C24H27N3O3/c1-17-20(24(28)19-5-3-4-6-21(19)25(17)2)15-27-11-9-26(10-12-27)14-18-7-8-22-23(13-18)30-16-29-22/h3-8,13H,9-12,14-16H2,1-2H3. The number of hydrogen-bond acceptors (Lipinski definition) is 5. The molecule has 0 atom stereocenters. The monoisotopic (exact) mass is 405 g/mol. The van der Waals surface area contributed by atoms with E-state index >= 15 is 0 Å². The molecule has 0 spiro atoms. The highest BCUT2D eigenvalue weighted by molar-refractivity contribution is 5.80. The maximum absolute atomic E-state index is 13.1. The molecule has 0 aliphatic carbocycles. The summed E-state index contributed by atoms with van der Waals surface area (Å²) in [7, 11) is 2.05. The van der Waals surface area contributed by atoms with Crippen LogP contribution in [0, 0.1) is 6.92 Å². The van der Waals surface area contributed by atoms with Gasteiger partial charge in [-0.2, -0.15) is 0 Å². The lowest BCUT2D eigenvalue weighted by atomic mass is 10.1. The summed E-state index contributed by atoms with van der Waals surface area (Å²) < 4.78 is 13.0. The number of ether oxygens (including phenoxy) is 2. The third-order valence-corrected chi connectivity index (χ3v) is 6.41. The van der Waals surface area contributed by atoms with E-state index in [0.29, 0.717) is 13.3 Å². The SMILES string of the molecule is Cc1c(CN2CCN(Cc3ccc4c(c3)OCO4)CC2)c(=O)c2ccccc2n1C. The van der Waals surface area contributed by atoms with Crippen LogP contribution in [0.1, 0.15) is 16.8 Å². The Morgan fingerprint density at radius 3 is 2.40 bits per heavy atom. The van der Waals surface area contributed by atoms with Gasteiger partial charge in [-0.15, -0.1) is 0 Å². The van der Waals surface area contributed by atoms with Gasteiger partial charge in [-0.1, -0.05) is 18.2 Å². The Balaban J connectivity index is 1.26. The summed E-state index contributed by atoms with van der Waals surface area (Å²) in [4.78, 5) is 18.0. The summed E-state index contributed by atoms with van der Waals surface area (Å²) in [6.45, 7) is 7.87. The van der Waals surface area contributed by atoms with Crippen LogP contribution in [-0.4, -0.2) is 47.3 Å². The number of fused-ring (bicyclic) bond motifs is 2. The van der Waals surface area contributed by atoms with E-state index in [1.165, 1.54) is 5.56 Å². The first-order valence-electron chi connectivity index (χ1n) is 10.5. The summed E-state index contributed by atoms with van der Waals surface area (Å²) in [5, 5.41) is 0.807. The Morgan fingerprint density at radius 2 is 1.60 bits per heavy atom. The zero-order valence-corrected chi connectivity index (χ0v) is 17.6. The van der Waals surface area contributed by atoms with E-state index in [1.54, 1.807) is 0 Å². The van der Waals surface area contributed by atoms with E-state index in [4.69, 9.17) is 9.47 Å². The zero-order chi connectivity index (χ0) is 20.7. The van der Waals surface area contributed by atoms with Crippen molar-refractivity contribution in [2.45, 2.75) is 20.0 Å². The Labute approximate surface area is 176 Å². The summed E-state index contributed by atoms with van der Waals surface area (Å²) in [5.41, 5.74) is 4.38. The molecule has 1 aromatic heterocycles. The van der Waals surface area contributed by atoms with Gasteiger partial charge in [-0.3, -0.25) is 14.6 Å². The molecule has 0 saturated carbocycles. The number of nitrogens with zero attached hydrogens (tertiary/aromatic N) is 3. The normalized spacial score (nSPS) is 17.0. The highest BCUT2D eigenvalue weighted by Gasteiger charge is 2.21. The van der Waals surface area contributed by atoms with Crippen LogP contribution < -0.4 is 14.9 Å². The molecule has 5 rings (SSSR count). The highest BCUT2D eigenvalue weighted by atomic mass is 16.7. The van der Waals surface area contributed by atoms with Gasteiger partial charge < -0.3 is 14.0 Å². The van der Waals surface area contributed by atoms with Crippen molar-refractivity contribution in [1.29, 1.82) is 0 Å². The van der Waals surface area contributed by atoms with Gasteiger partial charge in [0.2, 0.25) is 6.79 Å². The number of benzene rings is 2. The van der Waals surface area contributed by atoms with Crippen LogP contribution in [0.4, 0.5) is 0 Å². The summed E-state index contributed by atoms with van der Waals surface area (Å²) in [6.07, 6.45) is 0. The van der Waals surface area contributed by atoms with Crippen molar-refractivity contribution < 1.29 is 9.47 Å². The second kappa shape index (κ2) is 7.78. The molecule has 0 amide bonds. The number of rotatable bonds is 4.